The summed E-state index contributed by atoms with van der Waals surface area (Å²) in [6.45, 7) is 9.85. The smallest absolute Gasteiger partial charge is 0.297 e. The van der Waals surface area contributed by atoms with E-state index in [1.165, 1.54) is 89.0 Å². The number of piperidine rings is 2. The van der Waals surface area contributed by atoms with Crippen molar-refractivity contribution in [2.75, 3.05) is 45.9 Å². The van der Waals surface area contributed by atoms with Crippen molar-refractivity contribution < 1.29 is 40.5 Å². The number of nitrogens with zero attached hydrogens (tertiary/aromatic N) is 1. The number of amides is 3. The summed E-state index contributed by atoms with van der Waals surface area (Å²) < 4.78 is 49.8. The maximum absolute atomic E-state index is 11.7. The number of β-lactam (4-membered cyclic amide) rings is 3. The highest BCUT2D eigenvalue weighted by molar-refractivity contribution is 8.13. The molecule has 0 unspecified atom stereocenters. The fraction of sp³-hybridized carbons (Fsp3) is 0.583. The van der Waals surface area contributed by atoms with Gasteiger partial charge in [0.05, 0.1) is 41.1 Å². The Morgan fingerprint density at radius 3 is 1.49 bits per heavy atom. The number of halogens is 1. The summed E-state index contributed by atoms with van der Waals surface area (Å²) >= 11 is 0. The van der Waals surface area contributed by atoms with Gasteiger partial charge in [-0.3, -0.25) is 18.6 Å². The predicted octanol–water partition coefficient (Wildman–Crippen LogP) is 2.50. The number of carbonyl (C=O) groups is 3. The van der Waals surface area contributed by atoms with E-state index in [-0.39, 0.29) is 52.8 Å². The van der Waals surface area contributed by atoms with Crippen LogP contribution in [0.4, 0.5) is 0 Å². The Hall–Kier alpha value is -3.12. The summed E-state index contributed by atoms with van der Waals surface area (Å²) in [4.78, 5) is 34.0. The van der Waals surface area contributed by atoms with Gasteiger partial charge < -0.3 is 31.3 Å². The first-order chi connectivity index (χ1) is 25.1. The van der Waals surface area contributed by atoms with Crippen LogP contribution in [0.15, 0.2) is 58.3 Å². The third-order valence-electron chi connectivity index (χ3n) is 8.78. The number of aliphatic hydroxyl groups is 1. The average Bonchev–Trinajstić information content (AvgIpc) is 3.10. The molecule has 0 radical (unpaired) electrons. The van der Waals surface area contributed by atoms with Crippen LogP contribution in [0.3, 0.4) is 0 Å². The lowest BCUT2D eigenvalue weighted by Gasteiger charge is -2.34. The van der Waals surface area contributed by atoms with E-state index in [1.54, 1.807) is 24.3 Å². The quantitative estimate of drug-likeness (QED) is 0.149. The second-order valence-electron chi connectivity index (χ2n) is 13.6. The van der Waals surface area contributed by atoms with Crippen LogP contribution < -0.4 is 21.3 Å². The molecule has 5 aliphatic rings. The van der Waals surface area contributed by atoms with Crippen LogP contribution in [0.1, 0.15) is 68.9 Å². The normalized spacial score (nSPS) is 22.2. The molecule has 0 spiro atoms. The molecule has 0 aliphatic carbocycles. The molecule has 3 amide bonds. The Morgan fingerprint density at radius 2 is 1.11 bits per heavy atom. The molecular weight excluding hydrogens is 746 g/mol. The molecule has 14 nitrogen and oxygen atoms in total. The average molecular weight is 800 g/mol. The molecule has 7 rings (SSSR count). The van der Waals surface area contributed by atoms with E-state index >= 15 is 0 Å². The minimum atomic E-state index is -3.72. The van der Waals surface area contributed by atoms with Crippen molar-refractivity contribution in [3.8, 4) is 0 Å². The number of benzene rings is 2. The van der Waals surface area contributed by atoms with E-state index in [9.17, 15) is 31.2 Å². The first-order valence-electron chi connectivity index (χ1n) is 18.0. The molecule has 53 heavy (non-hydrogen) atoms. The molecule has 5 aliphatic heterocycles. The molecule has 0 bridgehead atoms. The van der Waals surface area contributed by atoms with Gasteiger partial charge in [-0.15, -0.1) is 0 Å². The molecular formula is C36H54ClN5O9S2. The van der Waals surface area contributed by atoms with E-state index in [1.807, 2.05) is 13.8 Å². The highest BCUT2D eigenvalue weighted by Gasteiger charge is 2.28. The Labute approximate surface area is 318 Å². The maximum atomic E-state index is 11.7. The fourth-order valence-corrected chi connectivity index (χ4v) is 7.23. The second kappa shape index (κ2) is 22.3. The molecule has 3 atom stereocenters. The van der Waals surface area contributed by atoms with Gasteiger partial charge in [-0.05, 0) is 90.0 Å². The van der Waals surface area contributed by atoms with Crippen LogP contribution in [0.2, 0.25) is 0 Å². The number of aliphatic hydroxyl groups excluding tert-OH is 1. The van der Waals surface area contributed by atoms with Gasteiger partial charge in [-0.25, -0.2) is 8.42 Å². The van der Waals surface area contributed by atoms with Gasteiger partial charge in [-0.1, -0.05) is 48.2 Å². The van der Waals surface area contributed by atoms with Crippen molar-refractivity contribution >= 4 is 47.6 Å². The first kappa shape index (κ1) is 44.3. The Kier molecular flexibility index (Phi) is 18.6. The van der Waals surface area contributed by atoms with Crippen molar-refractivity contribution in [2.45, 2.75) is 99.6 Å². The largest absolute Gasteiger partial charge is 0.394 e. The zero-order valence-corrected chi connectivity index (χ0v) is 32.9. The number of nitrogens with one attached hydrogen (secondary N) is 4. The highest BCUT2D eigenvalue weighted by atomic mass is 35.7. The third kappa shape index (κ3) is 17.3. The summed E-state index contributed by atoms with van der Waals surface area (Å²) in [6.07, 6.45) is 9.83. The molecule has 0 saturated carbocycles. The molecule has 17 heteroatoms. The van der Waals surface area contributed by atoms with Crippen LogP contribution in [-0.4, -0.2) is 109 Å². The first-order valence-corrected chi connectivity index (χ1v) is 21.8. The standard InChI is InChI=1S/C11H13NO4S.C9H16N2O.C7H7ClO2S.C5H11N.C4H7NO2/c1-8-2-4-10(5-3-8)17(14,15)16-7-9-6-11(13)12-9;12-9-6-8(10-9)7-11-4-2-1-3-5-11;1-6-2-4-7(5-3-6)11(8,9)10;1-2-4-6-5-3-1;6-2-3-1-4(7)5-3/h2-5,9H,6-7H2,1H3,(H,12,13);8H,1-7H2,(H,10,12);2-5H,1H3;6H,1-5H2;3,6H,1-2H2,(H,5,7)/t9-;8-;;;3-/m00..0/s1. The van der Waals surface area contributed by atoms with Crippen molar-refractivity contribution in [1.29, 1.82) is 0 Å². The third-order valence-corrected chi connectivity index (χ3v) is 11.4. The van der Waals surface area contributed by atoms with Gasteiger partial charge in [-0.2, -0.15) is 8.42 Å². The van der Waals surface area contributed by atoms with Crippen LogP contribution in [0.5, 0.6) is 0 Å². The highest BCUT2D eigenvalue weighted by Crippen LogP contribution is 2.16. The molecule has 5 fully saturated rings. The number of likely N-dealkylation sites (tertiary alicyclic amines) is 1. The second-order valence-corrected chi connectivity index (χ2v) is 17.7. The summed E-state index contributed by atoms with van der Waals surface area (Å²) in [7, 11) is -2.18. The van der Waals surface area contributed by atoms with E-state index in [4.69, 9.17) is 20.0 Å². The Balaban J connectivity index is 0.000000187. The van der Waals surface area contributed by atoms with Crippen molar-refractivity contribution in [1.82, 2.24) is 26.2 Å². The van der Waals surface area contributed by atoms with Gasteiger partial charge in [0, 0.05) is 36.5 Å². The van der Waals surface area contributed by atoms with Crippen LogP contribution >= 0.6 is 10.7 Å². The van der Waals surface area contributed by atoms with E-state index in [0.717, 1.165) is 24.1 Å². The zero-order chi connectivity index (χ0) is 38.9. The monoisotopic (exact) mass is 799 g/mol. The number of aryl methyl sites for hydroxylation is 2. The SMILES string of the molecule is C1CCNCC1.Cc1ccc(S(=O)(=O)Cl)cc1.Cc1ccc(S(=O)(=O)OC[C@@H]2CC(=O)N2)cc1.O=C1C[C@@H](CN2CCCCC2)N1.O=C1C[C@@H](CO)N1. The van der Waals surface area contributed by atoms with Gasteiger partial charge in [0.2, 0.25) is 17.7 Å². The molecule has 296 valence electrons. The summed E-state index contributed by atoms with van der Waals surface area (Å²) in [5.41, 5.74) is 1.99. The van der Waals surface area contributed by atoms with E-state index in [2.05, 4.69) is 26.2 Å². The molecule has 5 heterocycles. The van der Waals surface area contributed by atoms with Crippen molar-refractivity contribution in [3.63, 3.8) is 0 Å². The lowest BCUT2D eigenvalue weighted by molar-refractivity contribution is -0.129. The molecule has 5 N–H and O–H groups in total. The number of hydrogen-bond donors (Lipinski definition) is 5. The van der Waals surface area contributed by atoms with Gasteiger partial charge in [0.1, 0.15) is 0 Å². The summed E-state index contributed by atoms with van der Waals surface area (Å²) in [5, 5.41) is 19.5. The number of rotatable bonds is 8. The summed E-state index contributed by atoms with van der Waals surface area (Å²) in [6, 6.07) is 13.1. The Morgan fingerprint density at radius 1 is 0.679 bits per heavy atom. The lowest BCUT2D eigenvalue weighted by atomic mass is 10.0. The van der Waals surface area contributed by atoms with Crippen molar-refractivity contribution in [3.05, 3.63) is 59.7 Å². The Bertz CT molecular complexity index is 1630. The summed E-state index contributed by atoms with van der Waals surface area (Å²) in [5.74, 6) is 0.183. The van der Waals surface area contributed by atoms with Gasteiger partial charge >= 0.3 is 0 Å². The molecule has 2 aromatic carbocycles. The van der Waals surface area contributed by atoms with Crippen LogP contribution in [0, 0.1) is 13.8 Å². The van der Waals surface area contributed by atoms with Crippen molar-refractivity contribution in [2.24, 2.45) is 0 Å². The number of hydrogen-bond acceptors (Lipinski definition) is 11. The lowest BCUT2D eigenvalue weighted by Crippen LogP contribution is -2.54. The molecule has 2 aromatic rings. The van der Waals surface area contributed by atoms with Crippen LogP contribution in [0.25, 0.3) is 0 Å². The topological polar surface area (TPSA) is 200 Å². The van der Waals surface area contributed by atoms with Crippen LogP contribution in [-0.2, 0) is 37.7 Å². The van der Waals surface area contributed by atoms with E-state index in [0.29, 0.717) is 18.9 Å². The molecule has 5 saturated heterocycles. The van der Waals surface area contributed by atoms with Gasteiger partial charge in [0.25, 0.3) is 19.2 Å². The van der Waals surface area contributed by atoms with Gasteiger partial charge in [0.15, 0.2) is 0 Å². The fourth-order valence-electron chi connectivity index (χ4n) is 5.51. The predicted molar refractivity (Wildman–Crippen MR) is 202 cm³/mol. The zero-order valence-electron chi connectivity index (χ0n) is 30.5. The molecule has 0 aromatic heterocycles. The van der Waals surface area contributed by atoms with E-state index < -0.39 is 19.2 Å². The minimum Gasteiger partial charge on any atom is -0.394 e. The minimum absolute atomic E-state index is 0.0120. The maximum Gasteiger partial charge on any atom is 0.297 e. The number of carbonyl (C=O) groups excluding carboxylic acids is 3.